The predicted molar refractivity (Wildman–Crippen MR) is 143 cm³/mol. The zero-order valence-electron chi connectivity index (χ0n) is 17.7. The first kappa shape index (κ1) is 25.9. The van der Waals surface area contributed by atoms with E-state index in [-0.39, 0.29) is 10.6 Å². The van der Waals surface area contributed by atoms with Gasteiger partial charge in [-0.1, -0.05) is 59.1 Å². The second-order valence-corrected chi connectivity index (χ2v) is 9.20. The first-order chi connectivity index (χ1) is 16.3. The van der Waals surface area contributed by atoms with Gasteiger partial charge in [0.25, 0.3) is 5.91 Å². The molecular formula is C26H18BrCl3N2O2. The Kier molecular flexibility index (Phi) is 9.20. The van der Waals surface area contributed by atoms with E-state index >= 15 is 0 Å². The zero-order chi connectivity index (χ0) is 24.7. The summed E-state index contributed by atoms with van der Waals surface area (Å²) < 4.78 is 6.74. The Morgan fingerprint density at radius 1 is 1.15 bits per heavy atom. The first-order valence-electron chi connectivity index (χ1n) is 10.00. The summed E-state index contributed by atoms with van der Waals surface area (Å²) in [6.07, 6.45) is 3.78. The number of rotatable bonds is 8. The van der Waals surface area contributed by atoms with Crippen LogP contribution in [-0.4, -0.2) is 5.91 Å². The lowest BCUT2D eigenvalue weighted by atomic mass is 10.0. The van der Waals surface area contributed by atoms with Crippen molar-refractivity contribution in [1.29, 1.82) is 5.26 Å². The molecule has 0 aromatic heterocycles. The summed E-state index contributed by atoms with van der Waals surface area (Å²) in [4.78, 5) is 12.7. The molecule has 3 aromatic rings. The SMILES string of the molecule is C=CCc1cc(/C=C(/C#N)C(=O)Nc2cccc(Cl)c2Cl)cc(Br)c1OCc1ccc(Cl)cc1. The summed E-state index contributed by atoms with van der Waals surface area (Å²) in [5, 5.41) is 13.4. The molecule has 0 atom stereocenters. The largest absolute Gasteiger partial charge is 0.487 e. The molecule has 0 heterocycles. The fourth-order valence-electron chi connectivity index (χ4n) is 3.07. The first-order valence-corrected chi connectivity index (χ1v) is 11.9. The number of carbonyl (C=O) groups is 1. The highest BCUT2D eigenvalue weighted by Crippen LogP contribution is 2.34. The number of ether oxygens (including phenoxy) is 1. The van der Waals surface area contributed by atoms with Crippen LogP contribution in [0.1, 0.15) is 16.7 Å². The Hall–Kier alpha value is -2.75. The highest BCUT2D eigenvalue weighted by Gasteiger charge is 2.15. The van der Waals surface area contributed by atoms with Crippen molar-refractivity contribution >= 4 is 68.4 Å². The minimum atomic E-state index is -0.601. The van der Waals surface area contributed by atoms with Gasteiger partial charge in [0.15, 0.2) is 0 Å². The van der Waals surface area contributed by atoms with E-state index in [0.29, 0.717) is 44.5 Å². The maximum Gasteiger partial charge on any atom is 0.266 e. The molecule has 0 saturated heterocycles. The Morgan fingerprint density at radius 3 is 2.56 bits per heavy atom. The number of carbonyl (C=O) groups excluding carboxylic acids is 1. The fourth-order valence-corrected chi connectivity index (χ4v) is 4.17. The van der Waals surface area contributed by atoms with Crippen LogP contribution in [-0.2, 0) is 17.8 Å². The minimum absolute atomic E-state index is 0.0951. The molecule has 4 nitrogen and oxygen atoms in total. The Balaban J connectivity index is 1.86. The molecule has 0 bridgehead atoms. The molecule has 8 heteroatoms. The molecule has 1 amide bonds. The van der Waals surface area contributed by atoms with Crippen molar-refractivity contribution in [2.45, 2.75) is 13.0 Å². The molecule has 0 spiro atoms. The molecule has 3 rings (SSSR count). The average Bonchev–Trinajstić information content (AvgIpc) is 2.81. The van der Waals surface area contributed by atoms with E-state index in [1.165, 1.54) is 6.08 Å². The van der Waals surface area contributed by atoms with Gasteiger partial charge >= 0.3 is 0 Å². The van der Waals surface area contributed by atoms with Gasteiger partial charge in [0.2, 0.25) is 0 Å². The van der Waals surface area contributed by atoms with Gasteiger partial charge in [-0.15, -0.1) is 6.58 Å². The average molecular weight is 577 g/mol. The summed E-state index contributed by atoms with van der Waals surface area (Å²) in [7, 11) is 0. The number of nitrogens with one attached hydrogen (secondary N) is 1. The second kappa shape index (κ2) is 12.1. The molecule has 0 aliphatic carbocycles. The maximum atomic E-state index is 12.7. The lowest BCUT2D eigenvalue weighted by Gasteiger charge is -2.14. The van der Waals surface area contributed by atoms with Crippen LogP contribution in [0.3, 0.4) is 0 Å². The molecule has 0 aliphatic rings. The van der Waals surface area contributed by atoms with Gasteiger partial charge in [0, 0.05) is 5.02 Å². The Bertz CT molecular complexity index is 1300. The van der Waals surface area contributed by atoms with Crippen LogP contribution < -0.4 is 10.1 Å². The third-order valence-electron chi connectivity index (χ3n) is 4.68. The Labute approximate surface area is 221 Å². The van der Waals surface area contributed by atoms with Crippen LogP contribution >= 0.6 is 50.7 Å². The number of allylic oxidation sites excluding steroid dienone is 1. The number of amides is 1. The standard InChI is InChI=1S/C26H18BrCl3N2O2/c1-2-4-18-11-17(13-21(27)25(18)34-15-16-7-9-20(28)10-8-16)12-19(14-31)26(33)32-23-6-3-5-22(29)24(23)30/h2-3,5-13H,1,4,15H2,(H,32,33)/b19-12-. The van der Waals surface area contributed by atoms with E-state index in [4.69, 9.17) is 39.5 Å². The van der Waals surface area contributed by atoms with E-state index in [9.17, 15) is 10.1 Å². The summed E-state index contributed by atoms with van der Waals surface area (Å²) in [5.41, 5.74) is 2.68. The maximum absolute atomic E-state index is 12.7. The van der Waals surface area contributed by atoms with E-state index < -0.39 is 5.91 Å². The minimum Gasteiger partial charge on any atom is -0.487 e. The smallest absolute Gasteiger partial charge is 0.266 e. The lowest BCUT2D eigenvalue weighted by Crippen LogP contribution is -2.13. The molecule has 34 heavy (non-hydrogen) atoms. The van der Waals surface area contributed by atoms with Crippen LogP contribution in [0.15, 0.2) is 77.3 Å². The quantitative estimate of drug-likeness (QED) is 0.167. The van der Waals surface area contributed by atoms with Crippen molar-refractivity contribution in [1.82, 2.24) is 0 Å². The summed E-state index contributed by atoms with van der Waals surface area (Å²) in [6, 6.07) is 17.8. The van der Waals surface area contributed by atoms with Crippen LogP contribution in [0.25, 0.3) is 6.08 Å². The van der Waals surface area contributed by atoms with E-state index in [0.717, 1.165) is 11.1 Å². The number of halogens is 4. The second-order valence-electron chi connectivity index (χ2n) is 7.12. The number of anilines is 1. The third-order valence-corrected chi connectivity index (χ3v) is 6.34. The molecule has 0 unspecified atom stereocenters. The number of benzene rings is 3. The predicted octanol–water partition coefficient (Wildman–Crippen LogP) is 8.26. The third kappa shape index (κ3) is 6.65. The number of nitrogens with zero attached hydrogens (tertiary/aromatic N) is 1. The van der Waals surface area contributed by atoms with Gasteiger partial charge < -0.3 is 10.1 Å². The topological polar surface area (TPSA) is 62.1 Å². The number of nitriles is 1. The van der Waals surface area contributed by atoms with Gasteiger partial charge in [-0.3, -0.25) is 4.79 Å². The van der Waals surface area contributed by atoms with E-state index in [2.05, 4.69) is 27.8 Å². The zero-order valence-corrected chi connectivity index (χ0v) is 21.6. The van der Waals surface area contributed by atoms with Gasteiger partial charge in [0.05, 0.1) is 20.2 Å². The lowest BCUT2D eigenvalue weighted by molar-refractivity contribution is -0.112. The Morgan fingerprint density at radius 2 is 1.88 bits per heavy atom. The van der Waals surface area contributed by atoms with Gasteiger partial charge in [-0.25, -0.2) is 0 Å². The van der Waals surface area contributed by atoms with Crippen molar-refractivity contribution in [2.75, 3.05) is 5.32 Å². The molecule has 0 aliphatic heterocycles. The molecule has 0 fully saturated rings. The van der Waals surface area contributed by atoms with Crippen molar-refractivity contribution in [3.8, 4) is 11.8 Å². The summed E-state index contributed by atoms with van der Waals surface area (Å²) in [6.45, 7) is 4.16. The molecular weight excluding hydrogens is 559 g/mol. The van der Waals surface area contributed by atoms with Crippen molar-refractivity contribution in [2.24, 2.45) is 0 Å². The molecule has 172 valence electrons. The van der Waals surface area contributed by atoms with Crippen molar-refractivity contribution < 1.29 is 9.53 Å². The van der Waals surface area contributed by atoms with E-state index in [1.54, 1.807) is 42.5 Å². The summed E-state index contributed by atoms with van der Waals surface area (Å²) in [5.74, 6) is 0.0526. The van der Waals surface area contributed by atoms with Crippen molar-refractivity contribution in [3.63, 3.8) is 0 Å². The van der Waals surface area contributed by atoms with Crippen LogP contribution in [0.2, 0.25) is 15.1 Å². The number of hydrogen-bond donors (Lipinski definition) is 1. The monoisotopic (exact) mass is 574 g/mol. The molecule has 1 N–H and O–H groups in total. The fraction of sp³-hybridized carbons (Fsp3) is 0.0769. The molecule has 0 saturated carbocycles. The normalized spacial score (nSPS) is 11.0. The molecule has 3 aromatic carbocycles. The van der Waals surface area contributed by atoms with Crippen LogP contribution in [0.4, 0.5) is 5.69 Å². The van der Waals surface area contributed by atoms with Crippen LogP contribution in [0, 0.1) is 11.3 Å². The number of hydrogen-bond acceptors (Lipinski definition) is 3. The molecule has 0 radical (unpaired) electrons. The van der Waals surface area contributed by atoms with Gasteiger partial charge in [0.1, 0.15) is 24.0 Å². The highest BCUT2D eigenvalue weighted by atomic mass is 79.9. The summed E-state index contributed by atoms with van der Waals surface area (Å²) >= 11 is 21.6. The highest BCUT2D eigenvalue weighted by molar-refractivity contribution is 9.10. The van der Waals surface area contributed by atoms with Crippen molar-refractivity contribution in [3.05, 3.63) is 109 Å². The van der Waals surface area contributed by atoms with E-state index in [1.807, 2.05) is 24.3 Å². The van der Waals surface area contributed by atoms with Gasteiger partial charge in [-0.05, 0) is 81.5 Å². The van der Waals surface area contributed by atoms with Gasteiger partial charge in [-0.2, -0.15) is 5.26 Å². The van der Waals surface area contributed by atoms with Crippen LogP contribution in [0.5, 0.6) is 5.75 Å².